The van der Waals surface area contributed by atoms with E-state index in [1.807, 2.05) is 53.7 Å². The fourth-order valence-corrected chi connectivity index (χ4v) is 11.6. The number of carbonyl (C=O) groups excluding carboxylic acids is 2. The van der Waals surface area contributed by atoms with Gasteiger partial charge in [-0.2, -0.15) is 0 Å². The van der Waals surface area contributed by atoms with Gasteiger partial charge in [0.25, 0.3) is 0 Å². The summed E-state index contributed by atoms with van der Waals surface area (Å²) >= 11 is 6.07. The van der Waals surface area contributed by atoms with E-state index < -0.39 is 95.1 Å². The van der Waals surface area contributed by atoms with Gasteiger partial charge in [-0.1, -0.05) is 73.1 Å². The number of carbonyl (C=O) groups is 3. The van der Waals surface area contributed by atoms with Gasteiger partial charge in [0.15, 0.2) is 11.6 Å². The van der Waals surface area contributed by atoms with Crippen LogP contribution in [0.4, 0.5) is 4.79 Å². The summed E-state index contributed by atoms with van der Waals surface area (Å²) in [5.74, 6) is -6.02. The first-order valence-corrected chi connectivity index (χ1v) is 24.0. The number of rotatable bonds is 14. The zero-order valence-corrected chi connectivity index (χ0v) is 39.8. The van der Waals surface area contributed by atoms with E-state index in [0.717, 1.165) is 6.42 Å². The number of ether oxygens (including phenoxy) is 6. The summed E-state index contributed by atoms with van der Waals surface area (Å²) in [4.78, 5) is 40.3. The minimum Gasteiger partial charge on any atom is -0.481 e. The lowest BCUT2D eigenvalue weighted by Gasteiger charge is -2.55. The number of Topliss-reactive ketones (excluding diaryl/α,β-unsaturated/α-hetero) is 1. The fourth-order valence-electron chi connectivity index (χ4n) is 11.4. The number of hydrogen-bond donors (Lipinski definition) is 4. The molecule has 0 saturated carbocycles. The first kappa shape index (κ1) is 49.8. The third-order valence-electron chi connectivity index (χ3n) is 15.8. The van der Waals surface area contributed by atoms with Gasteiger partial charge < -0.3 is 49.1 Å². The number of hydrogen-bond acceptors (Lipinski definition) is 11. The second-order valence-electron chi connectivity index (χ2n) is 19.9. The monoisotopic (exact) mass is 903 g/mol. The van der Waals surface area contributed by atoms with Crippen molar-refractivity contribution in [1.29, 1.82) is 0 Å². The summed E-state index contributed by atoms with van der Waals surface area (Å²) in [7, 11) is 0. The maximum atomic E-state index is 14.7. The molecule has 6 rings (SSSR count). The van der Waals surface area contributed by atoms with Crippen molar-refractivity contribution >= 4 is 29.4 Å². The Kier molecular flexibility index (Phi) is 15.6. The van der Waals surface area contributed by atoms with Crippen LogP contribution in [0.25, 0.3) is 0 Å². The molecule has 5 aliphatic rings. The van der Waals surface area contributed by atoms with E-state index in [1.54, 1.807) is 31.2 Å². The van der Waals surface area contributed by atoms with Crippen LogP contribution in [0.5, 0.6) is 5.75 Å². The van der Waals surface area contributed by atoms with E-state index in [-0.39, 0.29) is 29.6 Å². The average molecular weight is 905 g/mol. The summed E-state index contributed by atoms with van der Waals surface area (Å²) in [6, 6.07) is 5.68. The first-order chi connectivity index (χ1) is 29.6. The predicted molar refractivity (Wildman–Crippen MR) is 237 cm³/mol. The molecule has 1 aromatic rings. The molecule has 5 aliphatic heterocycles. The number of nitrogens with one attached hydrogen (secondary N) is 1. The minimum atomic E-state index is -1.43. The highest BCUT2D eigenvalue weighted by molar-refractivity contribution is 6.30. The Morgan fingerprint density at radius 2 is 1.59 bits per heavy atom. The van der Waals surface area contributed by atoms with Gasteiger partial charge in [0.1, 0.15) is 17.6 Å². The zero-order valence-electron chi connectivity index (χ0n) is 39.0. The van der Waals surface area contributed by atoms with Gasteiger partial charge in [-0.3, -0.25) is 9.59 Å². The van der Waals surface area contributed by atoms with Crippen molar-refractivity contribution in [2.75, 3.05) is 0 Å². The molecule has 4 saturated heterocycles. The van der Waals surface area contributed by atoms with Crippen LogP contribution < -0.4 is 10.1 Å². The first-order valence-electron chi connectivity index (χ1n) is 23.6. The largest absolute Gasteiger partial charge is 0.481 e. The second-order valence-corrected chi connectivity index (χ2v) is 20.4. The van der Waals surface area contributed by atoms with Gasteiger partial charge in [0, 0.05) is 35.1 Å². The molecule has 0 bridgehead atoms. The second kappa shape index (κ2) is 19.7. The molecule has 63 heavy (non-hydrogen) atoms. The van der Waals surface area contributed by atoms with Crippen molar-refractivity contribution in [2.24, 2.45) is 41.4 Å². The van der Waals surface area contributed by atoms with Gasteiger partial charge in [-0.25, -0.2) is 4.79 Å². The van der Waals surface area contributed by atoms with Crippen LogP contribution in [-0.4, -0.2) is 98.6 Å². The van der Waals surface area contributed by atoms with Gasteiger partial charge in [-0.05, 0) is 114 Å². The number of carboxylic acids is 1. The lowest BCUT2D eigenvalue weighted by atomic mass is 9.72. The Morgan fingerprint density at radius 3 is 2.21 bits per heavy atom. The molecule has 18 atom stereocenters. The Labute approximate surface area is 379 Å². The van der Waals surface area contributed by atoms with Crippen molar-refractivity contribution < 1.29 is 58.1 Å². The Morgan fingerprint density at radius 1 is 0.905 bits per heavy atom. The average Bonchev–Trinajstić information content (AvgIpc) is 3.59. The summed E-state index contributed by atoms with van der Waals surface area (Å²) in [5.41, 5.74) is -1.79. The van der Waals surface area contributed by atoms with Crippen molar-refractivity contribution in [1.82, 2.24) is 5.32 Å². The number of ketones is 1. The number of carboxylic acid groups (broad SMARTS) is 1. The molecule has 5 heterocycles. The SMILES string of the molecule is CCC(C(=O)[C@@H](C)[C@@H](O)[C@H](C)[C@@H]1O[C@@H]([C@@H](CC)C(=O)O)CC[C@@H]1C)[C@H]1O[C@]2(C=CC(NC(=O)Oc3ccc(Cl)cc3)[C@]3(CC[C@@](C)([C@H]4CC[C@](O)(CC)[C@H](C)O4)O3)O2)[C@H](C)C[C@@H]1C. The molecular formula is C49H74ClNO12. The van der Waals surface area contributed by atoms with Crippen LogP contribution in [0.15, 0.2) is 36.4 Å². The minimum absolute atomic E-state index is 0.0481. The summed E-state index contributed by atoms with van der Waals surface area (Å²) in [6.45, 7) is 19.5. The van der Waals surface area contributed by atoms with Crippen molar-refractivity contribution in [3.63, 3.8) is 0 Å². The van der Waals surface area contributed by atoms with Crippen LogP contribution in [0.3, 0.4) is 0 Å². The maximum absolute atomic E-state index is 14.7. The number of aliphatic hydroxyl groups excluding tert-OH is 1. The number of aliphatic carboxylic acids is 1. The smallest absolute Gasteiger partial charge is 0.413 e. The summed E-state index contributed by atoms with van der Waals surface area (Å²) in [5, 5.41) is 36.5. The van der Waals surface area contributed by atoms with Crippen molar-refractivity contribution in [3.05, 3.63) is 41.4 Å². The molecule has 14 heteroatoms. The zero-order chi connectivity index (χ0) is 46.2. The number of halogens is 1. The molecule has 0 aliphatic carbocycles. The van der Waals surface area contributed by atoms with Gasteiger partial charge >= 0.3 is 12.1 Å². The molecule has 1 aromatic carbocycles. The number of amides is 1. The fraction of sp³-hybridized carbons (Fsp3) is 0.776. The third kappa shape index (κ3) is 10.1. The van der Waals surface area contributed by atoms with Crippen molar-refractivity contribution in [3.8, 4) is 5.75 Å². The Hall–Kier alpha value is -2.62. The molecule has 0 aromatic heterocycles. The van der Waals surface area contributed by atoms with E-state index in [0.29, 0.717) is 68.6 Å². The molecule has 2 unspecified atom stereocenters. The van der Waals surface area contributed by atoms with Gasteiger partial charge in [0.05, 0.1) is 53.7 Å². The normalized spacial score (nSPS) is 40.5. The third-order valence-corrected chi connectivity index (χ3v) is 16.0. The van der Waals surface area contributed by atoms with E-state index >= 15 is 0 Å². The van der Waals surface area contributed by atoms with E-state index in [2.05, 4.69) is 26.1 Å². The molecule has 4 fully saturated rings. The molecule has 4 N–H and O–H groups in total. The predicted octanol–water partition coefficient (Wildman–Crippen LogP) is 8.64. The van der Waals surface area contributed by atoms with Crippen LogP contribution >= 0.6 is 11.6 Å². The lowest BCUT2D eigenvalue weighted by molar-refractivity contribution is -0.398. The topological polar surface area (TPSA) is 179 Å². The van der Waals surface area contributed by atoms with Crippen molar-refractivity contribution in [2.45, 2.75) is 199 Å². The maximum Gasteiger partial charge on any atom is 0.413 e. The quantitative estimate of drug-likeness (QED) is 0.131. The molecule has 13 nitrogen and oxygen atoms in total. The molecule has 0 radical (unpaired) electrons. The molecule has 2 spiro atoms. The van der Waals surface area contributed by atoms with Gasteiger partial charge in [0.2, 0.25) is 0 Å². The van der Waals surface area contributed by atoms with Crippen LogP contribution in [-0.2, 0) is 33.3 Å². The molecular weight excluding hydrogens is 830 g/mol. The highest BCUT2D eigenvalue weighted by Crippen LogP contribution is 2.54. The Balaban J connectivity index is 1.25. The Bertz CT molecular complexity index is 1800. The highest BCUT2D eigenvalue weighted by Gasteiger charge is 2.63. The number of aliphatic hydroxyl groups is 2. The highest BCUT2D eigenvalue weighted by atomic mass is 35.5. The van der Waals surface area contributed by atoms with E-state index in [4.69, 9.17) is 40.0 Å². The van der Waals surface area contributed by atoms with Crippen LogP contribution in [0.2, 0.25) is 5.02 Å². The van der Waals surface area contributed by atoms with E-state index in [1.165, 1.54) is 0 Å². The standard InChI is InChI=1S/C49H74ClNO12/c1-11-35(44(54)55)37-19-14-27(4)42(60-37)31(8)40(52)30(7)41(53)36(12-2)43-28(5)26-29(6)48(61-43)23-20-38(51-45(56)59-34-17-15-33(50)16-18-34)49(63-48)25-24-46(10,62-49)39-21-22-47(57,13-3)32(9)58-39/h15-18,20,23,27-32,35-40,42-43,52,57H,11-14,19,21-22,24-26H2,1-10H3,(H,51,56)(H,54,55)/t27-,28-,29+,30-,31-,32-,35+,36?,37+,38?,39+,40+,42+,43-,46-,47+,48-,49-/m0/s1. The van der Waals surface area contributed by atoms with Crippen LogP contribution in [0.1, 0.15) is 133 Å². The number of benzene rings is 1. The molecule has 1 amide bonds. The lowest BCUT2D eigenvalue weighted by Crippen LogP contribution is -2.66. The summed E-state index contributed by atoms with van der Waals surface area (Å²) < 4.78 is 40.1. The summed E-state index contributed by atoms with van der Waals surface area (Å²) in [6.07, 6.45) is 5.29. The van der Waals surface area contributed by atoms with Crippen LogP contribution in [0, 0.1) is 41.4 Å². The van der Waals surface area contributed by atoms with Gasteiger partial charge in [-0.15, -0.1) is 0 Å². The van der Waals surface area contributed by atoms with E-state index in [9.17, 15) is 29.7 Å². The molecule has 354 valence electrons.